The smallest absolute Gasteiger partial charge is 0.374 e. The number of nitrogens with one attached hydrogen (secondary N) is 1. The van der Waals surface area contributed by atoms with Gasteiger partial charge in [0.05, 0.1) is 30.2 Å². The van der Waals surface area contributed by atoms with E-state index in [1.54, 1.807) is 6.20 Å². The first-order valence-corrected chi connectivity index (χ1v) is 7.71. The maximum Gasteiger partial charge on any atom is 0.416 e. The van der Waals surface area contributed by atoms with Gasteiger partial charge in [-0.1, -0.05) is 12.1 Å². The van der Waals surface area contributed by atoms with Crippen molar-refractivity contribution in [3.63, 3.8) is 0 Å². The van der Waals surface area contributed by atoms with Gasteiger partial charge >= 0.3 is 6.18 Å². The van der Waals surface area contributed by atoms with Crippen LogP contribution in [0, 0.1) is 0 Å². The predicted molar refractivity (Wildman–Crippen MR) is 90.3 cm³/mol. The molecule has 5 nitrogen and oxygen atoms in total. The summed E-state index contributed by atoms with van der Waals surface area (Å²) < 4.78 is 43.6. The summed E-state index contributed by atoms with van der Waals surface area (Å²) in [6.07, 6.45) is -2.61. The first-order chi connectivity index (χ1) is 11.5. The number of aromatic nitrogens is 2. The lowest BCUT2D eigenvalue weighted by Crippen LogP contribution is -2.45. The van der Waals surface area contributed by atoms with Crippen molar-refractivity contribution in [2.45, 2.75) is 18.8 Å². The lowest BCUT2D eigenvalue weighted by Gasteiger charge is -2.32. The highest BCUT2D eigenvalue weighted by atomic mass is 35.5. The molecule has 0 amide bonds. The molecule has 1 aromatic heterocycles. The molecule has 1 aliphatic heterocycles. The third-order valence-corrected chi connectivity index (χ3v) is 4.10. The molecule has 25 heavy (non-hydrogen) atoms. The Morgan fingerprint density at radius 3 is 2.64 bits per heavy atom. The van der Waals surface area contributed by atoms with Crippen molar-refractivity contribution in [1.29, 1.82) is 0 Å². The van der Waals surface area contributed by atoms with Gasteiger partial charge < -0.3 is 10.5 Å². The molecule has 2 heterocycles. The zero-order chi connectivity index (χ0) is 17.2. The third-order valence-electron chi connectivity index (χ3n) is 4.10. The number of alkyl halides is 3. The summed E-state index contributed by atoms with van der Waals surface area (Å²) in [5.74, 6) is 0. The molecule has 3 rings (SSSR count). The van der Waals surface area contributed by atoms with Crippen molar-refractivity contribution in [2.24, 2.45) is 5.73 Å². The number of morpholine rings is 1. The lowest BCUT2D eigenvalue weighted by molar-refractivity contribution is -0.137. The molecule has 0 radical (unpaired) electrons. The van der Waals surface area contributed by atoms with Gasteiger partial charge in [0.25, 0.3) is 0 Å². The molecule has 1 fully saturated rings. The Bertz CT molecular complexity index is 675. The average molecular weight is 377 g/mol. The molecular formula is C16H20ClF3N4O. The van der Waals surface area contributed by atoms with E-state index < -0.39 is 11.7 Å². The molecule has 2 aromatic rings. The van der Waals surface area contributed by atoms with Crippen LogP contribution >= 0.6 is 12.4 Å². The molecular weight excluding hydrogens is 357 g/mol. The molecule has 9 heteroatoms. The van der Waals surface area contributed by atoms with Crippen LogP contribution in [0.4, 0.5) is 13.2 Å². The number of H-pyrrole nitrogens is 1. The zero-order valence-electron chi connectivity index (χ0n) is 13.4. The van der Waals surface area contributed by atoms with Crippen molar-refractivity contribution in [3.8, 4) is 11.3 Å². The van der Waals surface area contributed by atoms with Crippen molar-refractivity contribution in [3.05, 3.63) is 41.6 Å². The van der Waals surface area contributed by atoms with Crippen LogP contribution in [0.5, 0.6) is 0 Å². The monoisotopic (exact) mass is 376 g/mol. The number of hydrogen-bond acceptors (Lipinski definition) is 4. The van der Waals surface area contributed by atoms with Gasteiger partial charge in [-0.2, -0.15) is 18.3 Å². The molecule has 0 spiro atoms. The molecule has 1 aromatic carbocycles. The van der Waals surface area contributed by atoms with Crippen LogP contribution in [0.1, 0.15) is 11.1 Å². The van der Waals surface area contributed by atoms with Crippen LogP contribution in [0.15, 0.2) is 30.5 Å². The first kappa shape index (κ1) is 19.7. The number of aromatic amines is 1. The average Bonchev–Trinajstić information content (AvgIpc) is 3.02. The fraction of sp³-hybridized carbons (Fsp3) is 0.438. The number of nitrogens with two attached hydrogens (primary N) is 1. The van der Waals surface area contributed by atoms with Crippen LogP contribution in [0.3, 0.4) is 0 Å². The first-order valence-electron chi connectivity index (χ1n) is 7.71. The van der Waals surface area contributed by atoms with E-state index in [4.69, 9.17) is 10.5 Å². The van der Waals surface area contributed by atoms with E-state index in [1.165, 1.54) is 12.1 Å². The van der Waals surface area contributed by atoms with Crippen LogP contribution in [0.25, 0.3) is 11.3 Å². The van der Waals surface area contributed by atoms with E-state index in [-0.39, 0.29) is 18.5 Å². The number of rotatable bonds is 4. The minimum absolute atomic E-state index is 0. The summed E-state index contributed by atoms with van der Waals surface area (Å²) in [5, 5.41) is 6.93. The van der Waals surface area contributed by atoms with Crippen molar-refractivity contribution >= 4 is 12.4 Å². The largest absolute Gasteiger partial charge is 0.416 e. The Hall–Kier alpha value is -1.61. The Morgan fingerprint density at radius 2 is 2.00 bits per heavy atom. The highest BCUT2D eigenvalue weighted by Crippen LogP contribution is 2.31. The second-order valence-corrected chi connectivity index (χ2v) is 5.81. The van der Waals surface area contributed by atoms with E-state index in [0.717, 1.165) is 36.5 Å². The SMILES string of the molecule is Cl.NCC1CN(Cc2cn[nH]c2-c2ccc(C(F)(F)F)cc2)CCO1. The fourth-order valence-corrected chi connectivity index (χ4v) is 2.81. The minimum Gasteiger partial charge on any atom is -0.374 e. The quantitative estimate of drug-likeness (QED) is 0.861. The van der Waals surface area contributed by atoms with Gasteiger partial charge in [0, 0.05) is 31.7 Å². The molecule has 0 saturated carbocycles. The van der Waals surface area contributed by atoms with Gasteiger partial charge in [-0.25, -0.2) is 0 Å². The number of benzene rings is 1. The molecule has 1 saturated heterocycles. The standard InChI is InChI=1S/C16H19F3N4O.ClH/c17-16(18,19)13-3-1-11(2-4-13)15-12(8-21-22-15)9-23-5-6-24-14(7-20)10-23;/h1-4,8,14H,5-7,9-10,20H2,(H,21,22);1H. The third kappa shape index (κ3) is 4.72. The molecule has 3 N–H and O–H groups in total. The maximum atomic E-state index is 12.7. The lowest BCUT2D eigenvalue weighted by atomic mass is 10.1. The highest BCUT2D eigenvalue weighted by molar-refractivity contribution is 5.85. The van der Waals surface area contributed by atoms with E-state index in [9.17, 15) is 13.2 Å². The summed E-state index contributed by atoms with van der Waals surface area (Å²) in [7, 11) is 0. The molecule has 1 unspecified atom stereocenters. The zero-order valence-corrected chi connectivity index (χ0v) is 14.2. The van der Waals surface area contributed by atoms with Gasteiger partial charge in [0.1, 0.15) is 0 Å². The van der Waals surface area contributed by atoms with Gasteiger partial charge in [-0.3, -0.25) is 10.00 Å². The van der Waals surface area contributed by atoms with E-state index in [2.05, 4.69) is 15.1 Å². The van der Waals surface area contributed by atoms with Crippen LogP contribution in [-0.2, 0) is 17.5 Å². The van der Waals surface area contributed by atoms with Crippen LogP contribution < -0.4 is 5.73 Å². The highest BCUT2D eigenvalue weighted by Gasteiger charge is 2.30. The summed E-state index contributed by atoms with van der Waals surface area (Å²) in [5.41, 5.74) is 7.34. The van der Waals surface area contributed by atoms with Gasteiger partial charge in [-0.05, 0) is 17.7 Å². The minimum atomic E-state index is -4.33. The molecule has 1 aliphatic rings. The molecule has 0 bridgehead atoms. The number of nitrogens with zero attached hydrogens (tertiary/aromatic N) is 2. The van der Waals surface area contributed by atoms with Gasteiger partial charge in [0.15, 0.2) is 0 Å². The normalized spacial score (nSPS) is 18.8. The molecule has 0 aliphatic carbocycles. The number of ether oxygens (including phenoxy) is 1. The fourth-order valence-electron chi connectivity index (χ4n) is 2.81. The van der Waals surface area contributed by atoms with E-state index >= 15 is 0 Å². The van der Waals surface area contributed by atoms with Crippen LogP contribution in [0.2, 0.25) is 0 Å². The Morgan fingerprint density at radius 1 is 1.28 bits per heavy atom. The number of hydrogen-bond donors (Lipinski definition) is 2. The van der Waals surface area contributed by atoms with E-state index in [0.29, 0.717) is 25.3 Å². The van der Waals surface area contributed by atoms with Gasteiger partial charge in [0.2, 0.25) is 0 Å². The Kier molecular flexibility index (Phi) is 6.45. The van der Waals surface area contributed by atoms with Crippen molar-refractivity contribution in [1.82, 2.24) is 15.1 Å². The van der Waals surface area contributed by atoms with E-state index in [1.807, 2.05) is 0 Å². The summed E-state index contributed by atoms with van der Waals surface area (Å²) in [4.78, 5) is 2.21. The van der Waals surface area contributed by atoms with Crippen LogP contribution in [-0.4, -0.2) is 47.4 Å². The van der Waals surface area contributed by atoms with Gasteiger partial charge in [-0.15, -0.1) is 12.4 Å². The predicted octanol–water partition coefficient (Wildman–Crippen LogP) is 2.68. The second kappa shape index (κ2) is 8.18. The molecule has 138 valence electrons. The van der Waals surface area contributed by atoms with Crippen molar-refractivity contribution in [2.75, 3.05) is 26.2 Å². The topological polar surface area (TPSA) is 67.2 Å². The summed E-state index contributed by atoms with van der Waals surface area (Å²) >= 11 is 0. The summed E-state index contributed by atoms with van der Waals surface area (Å²) in [6, 6.07) is 5.09. The number of halogens is 4. The summed E-state index contributed by atoms with van der Waals surface area (Å²) in [6.45, 7) is 3.25. The maximum absolute atomic E-state index is 12.7. The Labute approximate surface area is 149 Å². The second-order valence-electron chi connectivity index (χ2n) is 5.81. The van der Waals surface area contributed by atoms with Crippen molar-refractivity contribution < 1.29 is 17.9 Å². The Balaban J connectivity index is 0.00000225. The molecule has 1 atom stereocenters.